The van der Waals surface area contributed by atoms with Crippen molar-refractivity contribution in [2.45, 2.75) is 38.1 Å². The summed E-state index contributed by atoms with van der Waals surface area (Å²) in [5.74, 6) is 0.305. The molecule has 0 bridgehead atoms. The Morgan fingerprint density at radius 2 is 1.83 bits per heavy atom. The minimum atomic E-state index is -3.62. The topological polar surface area (TPSA) is 75.4 Å². The van der Waals surface area contributed by atoms with E-state index in [4.69, 9.17) is 4.52 Å². The quantitative estimate of drug-likeness (QED) is 0.908. The maximum absolute atomic E-state index is 12.4. The molecule has 2 aromatic rings. The predicted molar refractivity (Wildman–Crippen MR) is 87.9 cm³/mol. The van der Waals surface area contributed by atoms with Crippen LogP contribution in [0.1, 0.15) is 29.9 Å². The maximum atomic E-state index is 12.4. The van der Waals surface area contributed by atoms with Crippen LogP contribution in [0.3, 0.4) is 0 Å². The Labute approximate surface area is 136 Å². The molecule has 1 fully saturated rings. The van der Waals surface area contributed by atoms with Gasteiger partial charge in [0.2, 0.25) is 10.0 Å². The highest BCUT2D eigenvalue weighted by Crippen LogP contribution is 2.21. The number of aryl methyl sites for hydroxylation is 2. The molecule has 1 aliphatic rings. The molecule has 0 amide bonds. The lowest BCUT2D eigenvalue weighted by Crippen LogP contribution is -2.24. The molecule has 0 unspecified atom stereocenters. The molecule has 0 aliphatic carbocycles. The van der Waals surface area contributed by atoms with Crippen LogP contribution in [0.2, 0.25) is 0 Å². The van der Waals surface area contributed by atoms with E-state index in [0.29, 0.717) is 11.5 Å². The minimum absolute atomic E-state index is 0.131. The first-order valence-electron chi connectivity index (χ1n) is 7.74. The lowest BCUT2D eigenvalue weighted by molar-refractivity contribution is 0.390. The smallest absolute Gasteiger partial charge is 0.246 e. The number of rotatable bonds is 5. The third-order valence-corrected chi connectivity index (χ3v) is 5.76. The summed E-state index contributed by atoms with van der Waals surface area (Å²) in [6, 6.07) is 8.02. The fourth-order valence-electron chi connectivity index (χ4n) is 2.91. The van der Waals surface area contributed by atoms with Crippen LogP contribution >= 0.6 is 0 Å². The molecule has 124 valence electrons. The first-order valence-corrected chi connectivity index (χ1v) is 9.22. The normalized spacial score (nSPS) is 15.3. The average Bonchev–Trinajstić information content (AvgIpc) is 3.16. The number of benzene rings is 1. The molecule has 6 nitrogen and oxygen atoms in total. The highest BCUT2D eigenvalue weighted by molar-refractivity contribution is 7.89. The number of aromatic nitrogens is 1. The van der Waals surface area contributed by atoms with Crippen molar-refractivity contribution in [1.29, 1.82) is 0 Å². The van der Waals surface area contributed by atoms with Crippen LogP contribution < -0.4 is 9.62 Å². The van der Waals surface area contributed by atoms with E-state index in [1.165, 1.54) is 18.5 Å². The first-order chi connectivity index (χ1) is 11.0. The molecule has 0 spiro atoms. The molecule has 7 heteroatoms. The number of anilines is 1. The van der Waals surface area contributed by atoms with Crippen LogP contribution in [-0.4, -0.2) is 26.7 Å². The van der Waals surface area contributed by atoms with Crippen molar-refractivity contribution in [3.05, 3.63) is 41.3 Å². The number of hydrogen-bond donors (Lipinski definition) is 1. The fourth-order valence-corrected chi connectivity index (χ4v) is 4.25. The zero-order valence-corrected chi connectivity index (χ0v) is 14.2. The lowest BCUT2D eigenvalue weighted by Gasteiger charge is -2.17. The van der Waals surface area contributed by atoms with Crippen LogP contribution in [0.25, 0.3) is 0 Å². The van der Waals surface area contributed by atoms with Crippen LogP contribution in [0, 0.1) is 13.8 Å². The van der Waals surface area contributed by atoms with Gasteiger partial charge in [0.1, 0.15) is 10.6 Å². The van der Waals surface area contributed by atoms with Gasteiger partial charge in [-0.1, -0.05) is 17.3 Å². The summed E-state index contributed by atoms with van der Waals surface area (Å²) in [5.41, 5.74) is 2.49. The molecule has 0 atom stereocenters. The number of hydrogen-bond acceptors (Lipinski definition) is 5. The molecule has 1 saturated heterocycles. The van der Waals surface area contributed by atoms with Gasteiger partial charge >= 0.3 is 0 Å². The van der Waals surface area contributed by atoms with Gasteiger partial charge in [0.05, 0.1) is 0 Å². The van der Waals surface area contributed by atoms with Gasteiger partial charge in [-0.15, -0.1) is 0 Å². The van der Waals surface area contributed by atoms with Crippen LogP contribution in [0.4, 0.5) is 5.69 Å². The molecule has 23 heavy (non-hydrogen) atoms. The van der Waals surface area contributed by atoms with Crippen molar-refractivity contribution in [2.75, 3.05) is 18.0 Å². The average molecular weight is 335 g/mol. The monoisotopic (exact) mass is 335 g/mol. The molecule has 1 aromatic carbocycles. The SMILES string of the molecule is Cc1noc(C)c1S(=O)(=O)NCc1ccc(N2CCCC2)cc1. The van der Waals surface area contributed by atoms with Gasteiger partial charge < -0.3 is 9.42 Å². The Morgan fingerprint density at radius 1 is 1.17 bits per heavy atom. The number of nitrogens with zero attached hydrogens (tertiary/aromatic N) is 2. The van der Waals surface area contributed by atoms with Crippen molar-refractivity contribution in [2.24, 2.45) is 0 Å². The van der Waals surface area contributed by atoms with E-state index in [-0.39, 0.29) is 11.4 Å². The number of nitrogens with one attached hydrogen (secondary N) is 1. The first kappa shape index (κ1) is 16.0. The van der Waals surface area contributed by atoms with Crippen molar-refractivity contribution in [3.63, 3.8) is 0 Å². The second-order valence-electron chi connectivity index (χ2n) is 5.84. The van der Waals surface area contributed by atoms with Crippen LogP contribution in [-0.2, 0) is 16.6 Å². The third-order valence-electron chi connectivity index (χ3n) is 4.11. The van der Waals surface area contributed by atoms with Crippen molar-refractivity contribution < 1.29 is 12.9 Å². The van der Waals surface area contributed by atoms with E-state index in [2.05, 4.69) is 14.8 Å². The van der Waals surface area contributed by atoms with Crippen molar-refractivity contribution in [1.82, 2.24) is 9.88 Å². The Morgan fingerprint density at radius 3 is 2.39 bits per heavy atom. The highest BCUT2D eigenvalue weighted by atomic mass is 32.2. The molecule has 2 heterocycles. The molecule has 1 aliphatic heterocycles. The number of sulfonamides is 1. The summed E-state index contributed by atoms with van der Waals surface area (Å²) < 4.78 is 32.3. The van der Waals surface area contributed by atoms with E-state index in [1.807, 2.05) is 24.3 Å². The van der Waals surface area contributed by atoms with Crippen molar-refractivity contribution >= 4 is 15.7 Å². The van der Waals surface area contributed by atoms with E-state index in [9.17, 15) is 8.42 Å². The summed E-state index contributed by atoms with van der Waals surface area (Å²) in [5, 5.41) is 3.69. The van der Waals surface area contributed by atoms with Gasteiger partial charge in [0.15, 0.2) is 5.76 Å². The summed E-state index contributed by atoms with van der Waals surface area (Å²) >= 11 is 0. The fraction of sp³-hybridized carbons (Fsp3) is 0.438. The van der Waals surface area contributed by atoms with Gasteiger partial charge in [-0.25, -0.2) is 13.1 Å². The molecular weight excluding hydrogens is 314 g/mol. The molecule has 1 aromatic heterocycles. The lowest BCUT2D eigenvalue weighted by atomic mass is 10.2. The molecule has 1 N–H and O–H groups in total. The molecule has 3 rings (SSSR count). The second-order valence-corrected chi connectivity index (χ2v) is 7.54. The summed E-state index contributed by atoms with van der Waals surface area (Å²) in [6.07, 6.45) is 2.47. The van der Waals surface area contributed by atoms with Gasteiger partial charge in [0.25, 0.3) is 0 Å². The van der Waals surface area contributed by atoms with Gasteiger partial charge in [-0.05, 0) is 44.4 Å². The zero-order chi connectivity index (χ0) is 16.4. The molecule has 0 saturated carbocycles. The minimum Gasteiger partial charge on any atom is -0.372 e. The van der Waals surface area contributed by atoms with Gasteiger partial charge in [-0.3, -0.25) is 0 Å². The predicted octanol–water partition coefficient (Wildman–Crippen LogP) is 2.37. The van der Waals surface area contributed by atoms with Crippen LogP contribution in [0.15, 0.2) is 33.7 Å². The Bertz CT molecular complexity index is 756. The highest BCUT2D eigenvalue weighted by Gasteiger charge is 2.23. The van der Waals surface area contributed by atoms with Crippen LogP contribution in [0.5, 0.6) is 0 Å². The zero-order valence-electron chi connectivity index (χ0n) is 13.4. The maximum Gasteiger partial charge on any atom is 0.246 e. The Kier molecular flexibility index (Phi) is 4.41. The van der Waals surface area contributed by atoms with E-state index < -0.39 is 10.0 Å². The molecular formula is C16H21N3O3S. The summed E-state index contributed by atoms with van der Waals surface area (Å²) in [4.78, 5) is 2.48. The third kappa shape index (κ3) is 3.40. The Balaban J connectivity index is 1.68. The molecule has 0 radical (unpaired) electrons. The van der Waals surface area contributed by atoms with Gasteiger partial charge in [0, 0.05) is 25.3 Å². The second kappa shape index (κ2) is 6.33. The van der Waals surface area contributed by atoms with Gasteiger partial charge in [-0.2, -0.15) is 0 Å². The Hall–Kier alpha value is -1.86. The summed E-state index contributed by atoms with van der Waals surface area (Å²) in [7, 11) is -3.62. The standard InChI is InChI=1S/C16H21N3O3S/c1-12-16(13(2)22-18-12)23(20,21)17-11-14-5-7-15(8-6-14)19-9-3-4-10-19/h5-8,17H,3-4,9-11H2,1-2H3. The van der Waals surface area contributed by atoms with E-state index in [1.54, 1.807) is 13.8 Å². The van der Waals surface area contributed by atoms with E-state index >= 15 is 0 Å². The summed E-state index contributed by atoms with van der Waals surface area (Å²) in [6.45, 7) is 5.65. The largest absolute Gasteiger partial charge is 0.372 e. The van der Waals surface area contributed by atoms with Crippen molar-refractivity contribution in [3.8, 4) is 0 Å². The van der Waals surface area contributed by atoms with E-state index in [0.717, 1.165) is 18.7 Å².